The highest BCUT2D eigenvalue weighted by Crippen LogP contribution is 2.26. The highest BCUT2D eigenvalue weighted by Gasteiger charge is 2.26. The number of hydrogen-bond donors (Lipinski definition) is 1. The van der Waals surface area contributed by atoms with Crippen molar-refractivity contribution in [2.45, 2.75) is 19.5 Å². The number of hydrogen-bond acceptors (Lipinski definition) is 6. The van der Waals surface area contributed by atoms with Crippen molar-refractivity contribution in [2.24, 2.45) is 0 Å². The molecule has 0 spiro atoms. The van der Waals surface area contributed by atoms with E-state index >= 15 is 0 Å². The molecule has 1 heterocycles. The van der Waals surface area contributed by atoms with Crippen LogP contribution < -0.4 is 10.1 Å². The highest BCUT2D eigenvalue weighted by atomic mass is 16.5. The molecular weight excluding hydrogens is 352 g/mol. The van der Waals surface area contributed by atoms with Crippen LogP contribution in [-0.4, -0.2) is 76.6 Å². The zero-order chi connectivity index (χ0) is 19.6. The van der Waals surface area contributed by atoms with Gasteiger partial charge in [0.15, 0.2) is 0 Å². The Bertz CT molecular complexity index is 637. The summed E-state index contributed by atoms with van der Waals surface area (Å²) in [6.07, 6.45) is 0. The molecule has 1 aromatic carbocycles. The first kappa shape index (κ1) is 21.1. The van der Waals surface area contributed by atoms with Crippen molar-refractivity contribution < 1.29 is 28.5 Å². The Balaban J connectivity index is 2.06. The number of rotatable bonds is 9. The van der Waals surface area contributed by atoms with Crippen LogP contribution in [0, 0.1) is 0 Å². The molecule has 0 aromatic heterocycles. The zero-order valence-corrected chi connectivity index (χ0v) is 16.2. The largest absolute Gasteiger partial charge is 0.491 e. The van der Waals surface area contributed by atoms with Crippen molar-refractivity contribution in [3.05, 3.63) is 29.3 Å². The van der Waals surface area contributed by atoms with E-state index in [2.05, 4.69) is 5.32 Å². The summed E-state index contributed by atoms with van der Waals surface area (Å²) in [5.74, 6) is 0.379. The Kier molecular flexibility index (Phi) is 8.50. The van der Waals surface area contributed by atoms with Gasteiger partial charge in [0.25, 0.3) is 5.91 Å². The van der Waals surface area contributed by atoms with Crippen LogP contribution in [0.3, 0.4) is 0 Å². The molecule has 0 saturated carbocycles. The van der Waals surface area contributed by atoms with Crippen molar-refractivity contribution >= 4 is 11.8 Å². The van der Waals surface area contributed by atoms with Gasteiger partial charge in [-0.1, -0.05) is 0 Å². The predicted molar refractivity (Wildman–Crippen MR) is 98.9 cm³/mol. The molecule has 1 aliphatic heterocycles. The first-order chi connectivity index (χ1) is 13.1. The third-order valence-corrected chi connectivity index (χ3v) is 4.24. The van der Waals surface area contributed by atoms with E-state index in [1.54, 1.807) is 37.3 Å². The minimum Gasteiger partial charge on any atom is -0.491 e. The second-order valence-electron chi connectivity index (χ2n) is 6.30. The lowest BCUT2D eigenvalue weighted by molar-refractivity contribution is -0.139. The first-order valence-electron chi connectivity index (χ1n) is 8.95. The molecule has 2 rings (SSSR count). The van der Waals surface area contributed by atoms with Crippen LogP contribution in [0.15, 0.2) is 18.2 Å². The summed E-state index contributed by atoms with van der Waals surface area (Å²) in [6.45, 7) is 4.35. The minimum atomic E-state index is -0.187. The number of fused-ring (bicyclic) bond motifs is 1. The number of amides is 2. The SMILES string of the molecule is COCCNC(=O)c1ccc2c(c1)CN(C(=O)COCCOC)[C@@H](C)CO2. The quantitative estimate of drug-likeness (QED) is 0.639. The van der Waals surface area contributed by atoms with Crippen molar-refractivity contribution in [1.29, 1.82) is 0 Å². The molecule has 8 heteroatoms. The maximum atomic E-state index is 12.5. The first-order valence-corrected chi connectivity index (χ1v) is 8.95. The van der Waals surface area contributed by atoms with Crippen molar-refractivity contribution in [3.63, 3.8) is 0 Å². The fourth-order valence-electron chi connectivity index (χ4n) is 2.71. The van der Waals surface area contributed by atoms with Crippen LogP contribution in [0.1, 0.15) is 22.8 Å². The van der Waals surface area contributed by atoms with E-state index in [1.807, 2.05) is 6.92 Å². The number of nitrogens with zero attached hydrogens (tertiary/aromatic N) is 1. The third-order valence-electron chi connectivity index (χ3n) is 4.24. The Morgan fingerprint density at radius 2 is 2.00 bits per heavy atom. The number of ether oxygens (including phenoxy) is 4. The second-order valence-corrected chi connectivity index (χ2v) is 6.30. The lowest BCUT2D eigenvalue weighted by Crippen LogP contribution is -2.42. The maximum absolute atomic E-state index is 12.5. The van der Waals surface area contributed by atoms with Crippen LogP contribution >= 0.6 is 0 Å². The van der Waals surface area contributed by atoms with Gasteiger partial charge in [-0.3, -0.25) is 9.59 Å². The number of carbonyl (C=O) groups is 2. The van der Waals surface area contributed by atoms with Gasteiger partial charge in [-0.2, -0.15) is 0 Å². The van der Waals surface area contributed by atoms with Crippen molar-refractivity contribution in [2.75, 3.05) is 53.8 Å². The standard InChI is InChI=1S/C19H28N2O6/c1-14-12-27-17-5-4-15(19(23)20-6-7-24-2)10-16(17)11-21(14)18(22)13-26-9-8-25-3/h4-5,10,14H,6-9,11-13H2,1-3H3,(H,20,23)/t14-/m0/s1. The van der Waals surface area contributed by atoms with E-state index < -0.39 is 0 Å². The Morgan fingerprint density at radius 1 is 1.22 bits per heavy atom. The number of carbonyl (C=O) groups excluding carboxylic acids is 2. The highest BCUT2D eigenvalue weighted by molar-refractivity contribution is 5.94. The fourth-order valence-corrected chi connectivity index (χ4v) is 2.71. The molecule has 0 radical (unpaired) electrons. The predicted octanol–water partition coefficient (Wildman–Crippen LogP) is 0.835. The molecule has 0 aliphatic carbocycles. The lowest BCUT2D eigenvalue weighted by Gasteiger charge is -2.26. The molecule has 8 nitrogen and oxygen atoms in total. The molecule has 0 saturated heterocycles. The van der Waals surface area contributed by atoms with Gasteiger partial charge in [0, 0.05) is 38.4 Å². The monoisotopic (exact) mass is 380 g/mol. The Hall–Kier alpha value is -2.16. The second kappa shape index (κ2) is 10.9. The molecule has 2 amide bonds. The average Bonchev–Trinajstić information content (AvgIpc) is 2.84. The van der Waals surface area contributed by atoms with Crippen molar-refractivity contribution in [3.8, 4) is 5.75 Å². The smallest absolute Gasteiger partial charge is 0.251 e. The minimum absolute atomic E-state index is 0.0137. The van der Waals surface area contributed by atoms with Crippen LogP contribution in [0.2, 0.25) is 0 Å². The molecule has 0 fully saturated rings. The van der Waals surface area contributed by atoms with Crippen molar-refractivity contribution in [1.82, 2.24) is 10.2 Å². The molecule has 0 unspecified atom stereocenters. The van der Waals surface area contributed by atoms with Gasteiger partial charge < -0.3 is 29.2 Å². The van der Waals surface area contributed by atoms with E-state index in [4.69, 9.17) is 18.9 Å². The summed E-state index contributed by atoms with van der Waals surface area (Å²) in [4.78, 5) is 26.5. The molecule has 1 aromatic rings. The number of benzene rings is 1. The number of nitrogens with one attached hydrogen (secondary N) is 1. The van der Waals surface area contributed by atoms with E-state index in [0.29, 0.717) is 50.8 Å². The van der Waals surface area contributed by atoms with E-state index in [0.717, 1.165) is 5.56 Å². The topological polar surface area (TPSA) is 86.3 Å². The van der Waals surface area contributed by atoms with Gasteiger partial charge in [0.2, 0.25) is 5.91 Å². The van der Waals surface area contributed by atoms with Gasteiger partial charge in [-0.25, -0.2) is 0 Å². The molecule has 1 N–H and O–H groups in total. The summed E-state index contributed by atoms with van der Waals surface area (Å²) < 4.78 is 21.0. The summed E-state index contributed by atoms with van der Waals surface area (Å²) in [5.41, 5.74) is 1.32. The van der Waals surface area contributed by atoms with Gasteiger partial charge >= 0.3 is 0 Å². The summed E-state index contributed by atoms with van der Waals surface area (Å²) in [5, 5.41) is 2.79. The fraction of sp³-hybridized carbons (Fsp3) is 0.579. The summed E-state index contributed by atoms with van der Waals surface area (Å²) >= 11 is 0. The van der Waals surface area contributed by atoms with Gasteiger partial charge in [-0.05, 0) is 25.1 Å². The Labute approximate surface area is 159 Å². The van der Waals surface area contributed by atoms with Gasteiger partial charge in [-0.15, -0.1) is 0 Å². The Morgan fingerprint density at radius 3 is 2.74 bits per heavy atom. The van der Waals surface area contributed by atoms with Crippen LogP contribution in [0.4, 0.5) is 0 Å². The molecule has 0 bridgehead atoms. The molecular formula is C19H28N2O6. The molecule has 1 aliphatic rings. The maximum Gasteiger partial charge on any atom is 0.251 e. The number of methoxy groups -OCH3 is 2. The van der Waals surface area contributed by atoms with Gasteiger partial charge in [0.05, 0.1) is 25.9 Å². The molecule has 1 atom stereocenters. The van der Waals surface area contributed by atoms with Gasteiger partial charge in [0.1, 0.15) is 19.0 Å². The molecule has 150 valence electrons. The zero-order valence-electron chi connectivity index (χ0n) is 16.2. The molecule has 27 heavy (non-hydrogen) atoms. The van der Waals surface area contributed by atoms with Crippen LogP contribution in [0.5, 0.6) is 5.75 Å². The summed E-state index contributed by atoms with van der Waals surface area (Å²) in [7, 11) is 3.16. The lowest BCUT2D eigenvalue weighted by atomic mass is 10.1. The van der Waals surface area contributed by atoms with Crippen LogP contribution in [-0.2, 0) is 25.5 Å². The normalized spacial score (nSPS) is 16.3. The van der Waals surface area contributed by atoms with Crippen LogP contribution in [0.25, 0.3) is 0 Å². The third kappa shape index (κ3) is 6.20. The van der Waals surface area contributed by atoms with E-state index in [1.165, 1.54) is 0 Å². The average molecular weight is 380 g/mol. The summed E-state index contributed by atoms with van der Waals surface area (Å²) in [6, 6.07) is 5.16. The van der Waals surface area contributed by atoms with E-state index in [-0.39, 0.29) is 24.5 Å². The van der Waals surface area contributed by atoms with E-state index in [9.17, 15) is 9.59 Å².